The molecule has 0 amide bonds. The van der Waals surface area contributed by atoms with Crippen LogP contribution < -0.4 is 24.4 Å². The van der Waals surface area contributed by atoms with Crippen LogP contribution >= 0.6 is 23.1 Å². The first kappa shape index (κ1) is 24.8. The van der Waals surface area contributed by atoms with E-state index in [1.165, 1.54) is 11.3 Å². The Balaban J connectivity index is 1.93. The van der Waals surface area contributed by atoms with E-state index >= 15 is 0 Å². The Kier molecular flexibility index (Phi) is 7.47. The molecule has 1 aliphatic rings. The summed E-state index contributed by atoms with van der Waals surface area (Å²) in [6.07, 6.45) is 3.78. The number of thioether (sulfide) groups is 1. The van der Waals surface area contributed by atoms with Gasteiger partial charge in [-0.2, -0.15) is 0 Å². The van der Waals surface area contributed by atoms with E-state index in [-0.39, 0.29) is 12.2 Å². The van der Waals surface area contributed by atoms with Gasteiger partial charge in [0.15, 0.2) is 4.80 Å². The number of methoxy groups -OCH3 is 2. The van der Waals surface area contributed by atoms with Crippen molar-refractivity contribution in [2.75, 3.05) is 27.1 Å². The average Bonchev–Trinajstić information content (AvgIpc) is 3.17. The summed E-state index contributed by atoms with van der Waals surface area (Å²) in [5.41, 5.74) is 2.22. The van der Waals surface area contributed by atoms with Gasteiger partial charge in [-0.3, -0.25) is 9.36 Å². The van der Waals surface area contributed by atoms with Gasteiger partial charge in [-0.15, -0.1) is 11.8 Å². The molecule has 7 nitrogen and oxygen atoms in total. The number of ether oxygens (including phenoxy) is 3. The number of aromatic nitrogens is 1. The van der Waals surface area contributed by atoms with Crippen molar-refractivity contribution < 1.29 is 19.0 Å². The molecule has 0 aliphatic carbocycles. The molecule has 3 aromatic rings. The molecule has 1 aliphatic heterocycles. The number of fused-ring (bicyclic) bond motifs is 1. The van der Waals surface area contributed by atoms with E-state index in [1.54, 1.807) is 56.5 Å². The largest absolute Gasteiger partial charge is 0.497 e. The third-order valence-electron chi connectivity index (χ3n) is 5.68. The number of esters is 1. The van der Waals surface area contributed by atoms with Crippen molar-refractivity contribution in [2.24, 2.45) is 4.99 Å². The molecule has 0 N–H and O–H groups in total. The van der Waals surface area contributed by atoms with E-state index in [2.05, 4.69) is 4.99 Å². The summed E-state index contributed by atoms with van der Waals surface area (Å²) in [6.45, 7) is 3.77. The topological polar surface area (TPSA) is 79.1 Å². The van der Waals surface area contributed by atoms with Crippen LogP contribution in [0, 0.1) is 0 Å². The first-order chi connectivity index (χ1) is 16.9. The normalized spacial score (nSPS) is 15.5. The molecule has 0 fully saturated rings. The maximum absolute atomic E-state index is 13.7. The van der Waals surface area contributed by atoms with Crippen LogP contribution in [0.5, 0.6) is 11.5 Å². The zero-order valence-corrected chi connectivity index (χ0v) is 21.8. The molecule has 1 aromatic heterocycles. The Labute approximate surface area is 211 Å². The molecule has 9 heteroatoms. The summed E-state index contributed by atoms with van der Waals surface area (Å²) in [5.74, 6) is 0.769. The molecule has 1 atom stereocenters. The van der Waals surface area contributed by atoms with Gasteiger partial charge in [0.05, 0.1) is 42.7 Å². The van der Waals surface area contributed by atoms with Gasteiger partial charge in [0.1, 0.15) is 11.5 Å². The summed E-state index contributed by atoms with van der Waals surface area (Å²) in [7, 11) is 3.16. The van der Waals surface area contributed by atoms with Gasteiger partial charge >= 0.3 is 5.97 Å². The monoisotopic (exact) mass is 510 g/mol. The minimum absolute atomic E-state index is 0.232. The van der Waals surface area contributed by atoms with Gasteiger partial charge in [-0.1, -0.05) is 23.5 Å². The number of hydrogen-bond acceptors (Lipinski definition) is 8. The molecule has 0 radical (unpaired) electrons. The van der Waals surface area contributed by atoms with Crippen molar-refractivity contribution in [2.45, 2.75) is 24.8 Å². The molecule has 0 spiro atoms. The minimum atomic E-state index is -0.638. The molecule has 0 saturated carbocycles. The third-order valence-corrected chi connectivity index (χ3v) is 7.40. The predicted molar refractivity (Wildman–Crippen MR) is 138 cm³/mol. The van der Waals surface area contributed by atoms with E-state index in [9.17, 15) is 9.59 Å². The zero-order valence-electron chi connectivity index (χ0n) is 20.2. The Hall–Kier alpha value is -3.30. The number of thiazole rings is 1. The molecule has 182 valence electrons. The van der Waals surface area contributed by atoms with Crippen LogP contribution in [0.4, 0.5) is 0 Å². The average molecular weight is 511 g/mol. The number of carbonyl (C=O) groups is 1. The number of rotatable bonds is 7. The molecule has 2 heterocycles. The van der Waals surface area contributed by atoms with Crippen LogP contribution in [0.2, 0.25) is 0 Å². The van der Waals surface area contributed by atoms with Crippen LogP contribution in [-0.2, 0) is 9.53 Å². The quantitative estimate of drug-likeness (QED) is 0.357. The van der Waals surface area contributed by atoms with Crippen molar-refractivity contribution in [3.05, 3.63) is 84.5 Å². The second-order valence-corrected chi connectivity index (χ2v) is 9.57. The van der Waals surface area contributed by atoms with Gasteiger partial charge < -0.3 is 14.2 Å². The first-order valence-electron chi connectivity index (χ1n) is 11.0. The van der Waals surface area contributed by atoms with Crippen molar-refractivity contribution in [1.82, 2.24) is 4.57 Å². The predicted octanol–water partition coefficient (Wildman–Crippen LogP) is 3.54. The Morgan fingerprint density at radius 2 is 1.91 bits per heavy atom. The molecular formula is C26H26N2O5S2. The molecule has 2 aromatic carbocycles. The third kappa shape index (κ3) is 4.78. The SMILES string of the molecule is CCOC(=O)C1=C(C)N=c2s/c(=C\c3ccc(OC)cc3OC)c(=O)n2[C@H]1c1ccc(SC)cc1. The smallest absolute Gasteiger partial charge is 0.338 e. The fraction of sp³-hybridized carbons (Fsp3) is 0.269. The summed E-state index contributed by atoms with van der Waals surface area (Å²) in [5, 5.41) is 0. The number of nitrogens with zero attached hydrogens (tertiary/aromatic N) is 2. The number of hydrogen-bond donors (Lipinski definition) is 0. The van der Waals surface area contributed by atoms with Crippen molar-refractivity contribution in [3.63, 3.8) is 0 Å². The lowest BCUT2D eigenvalue weighted by molar-refractivity contribution is -0.139. The highest BCUT2D eigenvalue weighted by Gasteiger charge is 2.33. The van der Waals surface area contributed by atoms with Crippen LogP contribution in [-0.4, -0.2) is 37.6 Å². The fourth-order valence-electron chi connectivity index (χ4n) is 3.97. The molecule has 0 unspecified atom stereocenters. The fourth-order valence-corrected chi connectivity index (χ4v) is 5.42. The number of allylic oxidation sites excluding steroid dienone is 1. The van der Waals surface area contributed by atoms with Crippen molar-refractivity contribution in [3.8, 4) is 11.5 Å². The van der Waals surface area contributed by atoms with Gasteiger partial charge in [0, 0.05) is 16.5 Å². The Morgan fingerprint density at radius 1 is 1.17 bits per heavy atom. The van der Waals surface area contributed by atoms with Gasteiger partial charge in [0.25, 0.3) is 5.56 Å². The van der Waals surface area contributed by atoms with Gasteiger partial charge in [-0.25, -0.2) is 9.79 Å². The van der Waals surface area contributed by atoms with E-state index in [4.69, 9.17) is 14.2 Å². The standard InChI is InChI=1S/C26H26N2O5S2/c1-6-33-25(30)22-15(2)27-26-28(23(22)16-8-11-19(34-5)12-9-16)24(29)21(35-26)13-17-7-10-18(31-3)14-20(17)32-4/h7-14,23H,6H2,1-5H3/b21-13-/t23-/m0/s1. The van der Waals surface area contributed by atoms with E-state index in [0.29, 0.717) is 32.1 Å². The van der Waals surface area contributed by atoms with Gasteiger partial charge in [-0.05, 0) is 56.0 Å². The molecule has 35 heavy (non-hydrogen) atoms. The maximum Gasteiger partial charge on any atom is 0.338 e. The Morgan fingerprint density at radius 3 is 2.54 bits per heavy atom. The molecule has 0 bridgehead atoms. The highest BCUT2D eigenvalue weighted by molar-refractivity contribution is 7.98. The van der Waals surface area contributed by atoms with E-state index < -0.39 is 12.0 Å². The van der Waals surface area contributed by atoms with E-state index in [0.717, 1.165) is 16.0 Å². The second kappa shape index (κ2) is 10.5. The summed E-state index contributed by atoms with van der Waals surface area (Å²) < 4.78 is 18.2. The first-order valence-corrected chi connectivity index (χ1v) is 13.0. The highest BCUT2D eigenvalue weighted by Crippen LogP contribution is 2.32. The van der Waals surface area contributed by atoms with Crippen LogP contribution in [0.15, 0.2) is 68.4 Å². The van der Waals surface area contributed by atoms with Gasteiger partial charge in [0.2, 0.25) is 0 Å². The minimum Gasteiger partial charge on any atom is -0.497 e. The van der Waals surface area contributed by atoms with Crippen LogP contribution in [0.3, 0.4) is 0 Å². The van der Waals surface area contributed by atoms with Crippen molar-refractivity contribution in [1.29, 1.82) is 0 Å². The summed E-state index contributed by atoms with van der Waals surface area (Å²) >= 11 is 2.90. The van der Waals surface area contributed by atoms with Crippen LogP contribution in [0.1, 0.15) is 31.0 Å². The van der Waals surface area contributed by atoms with Crippen molar-refractivity contribution >= 4 is 35.1 Å². The van der Waals surface area contributed by atoms with E-state index in [1.807, 2.05) is 42.7 Å². The van der Waals surface area contributed by atoms with Crippen LogP contribution in [0.25, 0.3) is 6.08 Å². The maximum atomic E-state index is 13.7. The lowest BCUT2D eigenvalue weighted by Gasteiger charge is -2.24. The Bertz CT molecular complexity index is 1470. The molecular weight excluding hydrogens is 484 g/mol. The highest BCUT2D eigenvalue weighted by atomic mass is 32.2. The molecule has 0 saturated heterocycles. The lowest BCUT2D eigenvalue weighted by atomic mass is 9.96. The second-order valence-electron chi connectivity index (χ2n) is 7.68. The number of carbonyl (C=O) groups excluding carboxylic acids is 1. The molecule has 4 rings (SSSR count). The number of benzene rings is 2. The summed E-state index contributed by atoms with van der Waals surface area (Å²) in [4.78, 5) is 32.9. The zero-order chi connectivity index (χ0) is 25.1. The lowest BCUT2D eigenvalue weighted by Crippen LogP contribution is -2.39. The summed E-state index contributed by atoms with van der Waals surface area (Å²) in [6, 6.07) is 12.6.